The molecule has 0 radical (unpaired) electrons. The number of rotatable bonds is 14. The zero-order chi connectivity index (χ0) is 32.6. The number of aromatic amines is 1. The van der Waals surface area contributed by atoms with Crippen molar-refractivity contribution in [3.63, 3.8) is 0 Å². The van der Waals surface area contributed by atoms with Gasteiger partial charge in [0.25, 0.3) is 0 Å². The van der Waals surface area contributed by atoms with Gasteiger partial charge in [-0.05, 0) is 93.0 Å². The van der Waals surface area contributed by atoms with Gasteiger partial charge in [-0.2, -0.15) is 0 Å². The van der Waals surface area contributed by atoms with Crippen LogP contribution in [0.25, 0.3) is 10.9 Å². The maximum atomic E-state index is 13.6. The van der Waals surface area contributed by atoms with Crippen molar-refractivity contribution < 1.29 is 24.5 Å². The van der Waals surface area contributed by atoms with Gasteiger partial charge in [0.15, 0.2) is 0 Å². The van der Waals surface area contributed by atoms with E-state index in [1.807, 2.05) is 54.6 Å². The third-order valence-corrected chi connectivity index (χ3v) is 9.25. The molecule has 10 heteroatoms. The lowest BCUT2D eigenvalue weighted by molar-refractivity contribution is -0.0311. The predicted molar refractivity (Wildman–Crippen MR) is 182 cm³/mol. The van der Waals surface area contributed by atoms with E-state index in [1.165, 1.54) is 12.1 Å². The number of carbonyl (C=O) groups is 1. The van der Waals surface area contributed by atoms with Crippen molar-refractivity contribution in [1.82, 2.24) is 15.2 Å². The molecule has 1 aromatic heterocycles. The monoisotopic (exact) mass is 640 g/mol. The lowest BCUT2D eigenvalue weighted by Crippen LogP contribution is -2.53. The summed E-state index contributed by atoms with van der Waals surface area (Å²) >= 11 is 0. The minimum Gasteiger partial charge on any atom is -0.506 e. The highest BCUT2D eigenvalue weighted by Gasteiger charge is 2.37. The van der Waals surface area contributed by atoms with Crippen molar-refractivity contribution in [2.45, 2.75) is 50.9 Å². The van der Waals surface area contributed by atoms with Gasteiger partial charge in [0.1, 0.15) is 17.6 Å². The highest BCUT2D eigenvalue weighted by Crippen LogP contribution is 2.32. The van der Waals surface area contributed by atoms with Gasteiger partial charge in [0, 0.05) is 30.6 Å². The minimum absolute atomic E-state index is 0.0257. The second kappa shape index (κ2) is 15.5. The van der Waals surface area contributed by atoms with E-state index in [9.17, 15) is 19.8 Å². The van der Waals surface area contributed by atoms with Crippen LogP contribution in [-0.2, 0) is 11.3 Å². The molecule has 3 aromatic carbocycles. The number of phenolic OH excluding ortho intramolecular Hbond substituents is 1. The van der Waals surface area contributed by atoms with Crippen LogP contribution in [0.2, 0.25) is 0 Å². The third kappa shape index (κ3) is 8.32. The summed E-state index contributed by atoms with van der Waals surface area (Å²) in [7, 11) is 0. The van der Waals surface area contributed by atoms with Gasteiger partial charge >= 0.3 is 6.09 Å². The van der Waals surface area contributed by atoms with Crippen LogP contribution >= 0.6 is 0 Å². The van der Waals surface area contributed by atoms with Crippen LogP contribution in [0, 0.1) is 5.92 Å². The number of fused-ring (bicyclic) bond motifs is 4. The Hall–Kier alpha value is -4.38. The number of carbonyl (C=O) groups excluding carboxylic acids is 1. The largest absolute Gasteiger partial charge is 0.506 e. The number of aromatic nitrogens is 1. The van der Waals surface area contributed by atoms with Gasteiger partial charge in [-0.1, -0.05) is 42.5 Å². The van der Waals surface area contributed by atoms with Gasteiger partial charge < -0.3 is 30.0 Å². The molecule has 2 atom stereocenters. The van der Waals surface area contributed by atoms with Crippen LogP contribution in [0.4, 0.5) is 10.5 Å². The summed E-state index contributed by atoms with van der Waals surface area (Å²) in [6, 6.07) is 23.8. The molecule has 4 N–H and O–H groups in total. The Morgan fingerprint density at radius 1 is 1.00 bits per heavy atom. The van der Waals surface area contributed by atoms with E-state index in [4.69, 9.17) is 9.47 Å². The molecule has 10 nitrogen and oxygen atoms in total. The molecule has 7 rings (SSSR count). The Bertz CT molecular complexity index is 1690. The Morgan fingerprint density at radius 2 is 1.83 bits per heavy atom. The molecule has 3 aliphatic rings. The molecule has 4 heterocycles. The van der Waals surface area contributed by atoms with E-state index in [1.54, 1.807) is 17.0 Å². The van der Waals surface area contributed by atoms with E-state index >= 15 is 0 Å². The van der Waals surface area contributed by atoms with E-state index in [-0.39, 0.29) is 23.5 Å². The van der Waals surface area contributed by atoms with Crippen molar-refractivity contribution in [2.75, 3.05) is 44.2 Å². The predicted octanol–water partition coefficient (Wildman–Crippen LogP) is 5.34. The molecule has 3 aliphatic heterocycles. The molecule has 0 aliphatic carbocycles. The van der Waals surface area contributed by atoms with E-state index in [0.29, 0.717) is 47.8 Å². The first-order valence-electron chi connectivity index (χ1n) is 16.7. The Morgan fingerprint density at radius 3 is 2.62 bits per heavy atom. The highest BCUT2D eigenvalue weighted by atomic mass is 16.6. The maximum Gasteiger partial charge on any atom is 0.414 e. The molecule has 1 amide bonds. The summed E-state index contributed by atoms with van der Waals surface area (Å²) in [5.41, 5.74) is 2.44. The highest BCUT2D eigenvalue weighted by molar-refractivity contribution is 5.88. The minimum atomic E-state index is -0.783. The number of piperidine rings is 3. The number of nitrogens with zero attached hydrogens (tertiary/aromatic N) is 2. The number of nitrogens with one attached hydrogen (secondary N) is 2. The van der Waals surface area contributed by atoms with Crippen molar-refractivity contribution >= 4 is 22.7 Å². The number of benzene rings is 3. The van der Waals surface area contributed by atoms with Crippen molar-refractivity contribution in [3.05, 3.63) is 100 Å². The number of H-pyrrole nitrogens is 1. The topological polar surface area (TPSA) is 127 Å². The second-order valence-corrected chi connectivity index (χ2v) is 12.5. The zero-order valence-electron chi connectivity index (χ0n) is 26.6. The molecule has 2 bridgehead atoms. The number of phenols is 1. The average Bonchev–Trinajstić information content (AvgIpc) is 3.09. The van der Waals surface area contributed by atoms with E-state index < -0.39 is 6.10 Å². The fourth-order valence-corrected chi connectivity index (χ4v) is 6.62. The molecule has 0 saturated carbocycles. The normalized spacial score (nSPS) is 19.4. The average molecular weight is 641 g/mol. The van der Waals surface area contributed by atoms with Gasteiger partial charge in [-0.25, -0.2) is 4.79 Å². The smallest absolute Gasteiger partial charge is 0.414 e. The molecular weight excluding hydrogens is 596 g/mol. The number of ether oxygens (including phenoxy) is 2. The number of pyridine rings is 1. The number of aliphatic hydroxyl groups is 1. The summed E-state index contributed by atoms with van der Waals surface area (Å²) in [5.74, 6) is 1.12. The number of amides is 1. The first-order chi connectivity index (χ1) is 22.9. The molecule has 3 saturated heterocycles. The fourth-order valence-electron chi connectivity index (χ4n) is 6.62. The summed E-state index contributed by atoms with van der Waals surface area (Å²) < 4.78 is 12.2. The third-order valence-electron chi connectivity index (χ3n) is 9.25. The molecule has 4 aromatic rings. The number of hydrogen-bond acceptors (Lipinski definition) is 8. The molecular formula is C37H44N4O6. The zero-order valence-corrected chi connectivity index (χ0v) is 26.6. The van der Waals surface area contributed by atoms with E-state index in [2.05, 4.69) is 15.2 Å². The quantitative estimate of drug-likeness (QED) is 0.136. The number of unbranched alkanes of at least 4 members (excludes halogenated alkanes) is 2. The first-order valence-corrected chi connectivity index (χ1v) is 16.7. The molecule has 248 valence electrons. The number of aliphatic hydroxyl groups excluding tert-OH is 1. The van der Waals surface area contributed by atoms with Gasteiger partial charge in [-0.3, -0.25) is 14.6 Å². The van der Waals surface area contributed by atoms with Gasteiger partial charge in [0.05, 0.1) is 30.5 Å². The molecule has 0 unspecified atom stereocenters. The lowest BCUT2D eigenvalue weighted by atomic mass is 9.86. The molecule has 47 heavy (non-hydrogen) atoms. The van der Waals surface area contributed by atoms with Gasteiger partial charge in [0.2, 0.25) is 5.56 Å². The van der Waals surface area contributed by atoms with Crippen molar-refractivity contribution in [1.29, 1.82) is 0 Å². The number of hydrogen-bond donors (Lipinski definition) is 4. The summed E-state index contributed by atoms with van der Waals surface area (Å²) in [6.07, 6.45) is 3.71. The maximum absolute atomic E-state index is 13.6. The lowest BCUT2D eigenvalue weighted by Gasteiger charge is -2.44. The van der Waals surface area contributed by atoms with Crippen LogP contribution in [-0.4, -0.2) is 71.6 Å². The van der Waals surface area contributed by atoms with E-state index in [0.717, 1.165) is 69.5 Å². The Balaban J connectivity index is 0.966. The Labute approximate surface area is 274 Å². The number of aromatic hydroxyl groups is 1. The standard InChI is InChI=1S/C37H44N4O6/c42-32-14-12-30(31-13-15-35(44)39-36(31)32)33(43)23-38-18-5-2-6-21-46-29-11-7-10-28(22-29)41(24-26-8-3-1-4-9-26)37(45)47-34-25-40-19-16-27(34)17-20-40/h1,3-4,7-15,22,27,33-34,38,42-43H,2,5-6,16-21,23-25H2,(H,39,44)/t33-,34+/m0/s1. The Kier molecular flexibility index (Phi) is 10.7. The summed E-state index contributed by atoms with van der Waals surface area (Å²) in [4.78, 5) is 32.0. The van der Waals surface area contributed by atoms with Crippen LogP contribution in [0.5, 0.6) is 11.5 Å². The first kappa shape index (κ1) is 32.6. The van der Waals surface area contributed by atoms with Gasteiger partial charge in [-0.15, -0.1) is 0 Å². The summed E-state index contributed by atoms with van der Waals surface area (Å²) in [5, 5.41) is 24.7. The van der Waals surface area contributed by atoms with Crippen molar-refractivity contribution in [3.8, 4) is 11.5 Å². The van der Waals surface area contributed by atoms with Crippen LogP contribution < -0.4 is 20.5 Å². The number of anilines is 1. The van der Waals surface area contributed by atoms with Crippen LogP contribution in [0.1, 0.15) is 49.3 Å². The van der Waals surface area contributed by atoms with Crippen molar-refractivity contribution in [2.24, 2.45) is 5.92 Å². The fraction of sp³-hybridized carbons (Fsp3) is 0.405. The van der Waals surface area contributed by atoms with Crippen LogP contribution in [0.15, 0.2) is 83.7 Å². The molecule has 0 spiro atoms. The van der Waals surface area contributed by atoms with Crippen LogP contribution in [0.3, 0.4) is 0 Å². The summed E-state index contributed by atoms with van der Waals surface area (Å²) in [6.45, 7) is 5.04. The second-order valence-electron chi connectivity index (χ2n) is 12.5. The SMILES string of the molecule is O=C(O[C@@H]1CN2CCC1CC2)N(Cc1ccccc1)c1cccc(OCCCCCNC[C@H](O)c2ccc(O)c3[nH]c(=O)ccc23)c1. The molecule has 3 fully saturated rings.